The molecule has 1 aliphatic rings. The third-order valence-corrected chi connectivity index (χ3v) is 5.57. The van der Waals surface area contributed by atoms with E-state index in [1.807, 2.05) is 41.8 Å². The number of anilines is 1. The number of ether oxygens (including phenoxy) is 1. The van der Waals surface area contributed by atoms with E-state index >= 15 is 0 Å². The first-order chi connectivity index (χ1) is 13.6. The minimum Gasteiger partial charge on any atom is -0.378 e. The Hall–Kier alpha value is -2.59. The number of amides is 3. The molecule has 1 aromatic carbocycles. The number of benzene rings is 1. The van der Waals surface area contributed by atoms with Crippen LogP contribution < -0.4 is 15.5 Å². The molecular weight excluding hydrogens is 380 g/mol. The Labute approximate surface area is 167 Å². The molecule has 1 atom stereocenters. The number of rotatable bonds is 6. The van der Waals surface area contributed by atoms with Crippen LogP contribution in [-0.4, -0.2) is 60.1 Å². The summed E-state index contributed by atoms with van der Waals surface area (Å²) in [5.41, 5.74) is 0.785. The lowest BCUT2D eigenvalue weighted by molar-refractivity contribution is -0.119. The van der Waals surface area contributed by atoms with Gasteiger partial charge in [0.05, 0.1) is 13.2 Å². The Morgan fingerprint density at radius 1 is 1.21 bits per heavy atom. The molecule has 0 radical (unpaired) electrons. The average molecular weight is 404 g/mol. The van der Waals surface area contributed by atoms with Crippen LogP contribution in [0.3, 0.4) is 0 Å². The molecule has 1 aliphatic heterocycles. The minimum atomic E-state index is -0.634. The molecule has 0 spiro atoms. The van der Waals surface area contributed by atoms with Crippen LogP contribution in [0.25, 0.3) is 0 Å². The fraction of sp³-hybridized carbons (Fsp3) is 0.444. The van der Waals surface area contributed by atoms with Crippen molar-refractivity contribution in [2.24, 2.45) is 0 Å². The van der Waals surface area contributed by atoms with Gasteiger partial charge < -0.3 is 15.0 Å². The number of carbonyl (C=O) groups excluding carboxylic acids is 2. The topological polar surface area (TPSA) is 101 Å². The van der Waals surface area contributed by atoms with Crippen LogP contribution in [0.4, 0.5) is 10.7 Å². The van der Waals surface area contributed by atoms with E-state index < -0.39 is 17.2 Å². The summed E-state index contributed by atoms with van der Waals surface area (Å²) < 4.78 is 7.39. The van der Waals surface area contributed by atoms with Gasteiger partial charge in [0.1, 0.15) is 5.25 Å². The van der Waals surface area contributed by atoms with Crippen LogP contribution in [0, 0.1) is 0 Å². The quantitative estimate of drug-likeness (QED) is 0.702. The molecule has 2 heterocycles. The molecule has 10 heteroatoms. The Balaban J connectivity index is 1.87. The van der Waals surface area contributed by atoms with E-state index in [0.717, 1.165) is 24.6 Å². The minimum absolute atomic E-state index is 0.408. The zero-order valence-electron chi connectivity index (χ0n) is 15.9. The highest BCUT2D eigenvalue weighted by Crippen LogP contribution is 2.36. The molecule has 2 aromatic rings. The van der Waals surface area contributed by atoms with Crippen molar-refractivity contribution >= 4 is 29.6 Å². The zero-order valence-corrected chi connectivity index (χ0v) is 16.7. The molecular formula is C18H24N6O3S. The van der Waals surface area contributed by atoms with Gasteiger partial charge in [-0.1, -0.05) is 42.1 Å². The molecule has 3 rings (SSSR count). The predicted molar refractivity (Wildman–Crippen MR) is 106 cm³/mol. The van der Waals surface area contributed by atoms with E-state index in [1.165, 1.54) is 18.8 Å². The van der Waals surface area contributed by atoms with Crippen LogP contribution >= 0.6 is 11.8 Å². The Kier molecular flexibility index (Phi) is 6.88. The number of hydrogen-bond acceptors (Lipinski definition) is 7. The molecule has 0 saturated carbocycles. The Morgan fingerprint density at radius 2 is 1.93 bits per heavy atom. The van der Waals surface area contributed by atoms with Crippen molar-refractivity contribution < 1.29 is 14.3 Å². The third kappa shape index (κ3) is 4.63. The second-order valence-electron chi connectivity index (χ2n) is 6.10. The second-order valence-corrected chi connectivity index (χ2v) is 7.18. The molecule has 0 bridgehead atoms. The summed E-state index contributed by atoms with van der Waals surface area (Å²) in [5.74, 6) is 0.362. The average Bonchev–Trinajstić information content (AvgIpc) is 3.15. The number of imide groups is 1. The molecule has 0 unspecified atom stereocenters. The number of nitrogens with zero attached hydrogens (tertiary/aromatic N) is 4. The van der Waals surface area contributed by atoms with Gasteiger partial charge in [0.15, 0.2) is 5.16 Å². The van der Waals surface area contributed by atoms with Crippen LogP contribution in [0.5, 0.6) is 0 Å². The van der Waals surface area contributed by atoms with Gasteiger partial charge in [-0.15, -0.1) is 10.2 Å². The maximum Gasteiger partial charge on any atom is 0.321 e. The van der Waals surface area contributed by atoms with Crippen LogP contribution in [0.15, 0.2) is 35.5 Å². The van der Waals surface area contributed by atoms with Crippen LogP contribution in [0.1, 0.15) is 17.7 Å². The standard InChI is InChI=1S/C18H24N6O3S/c1-3-24-17(23-9-11-27-12-10-23)21-22-18(24)28-14(13-7-5-4-6-8-13)15(25)20-16(26)19-2/h4-8,14H,3,9-12H2,1-2H3,(H2,19,20,25,26)/t14-/m1/s1. The van der Waals surface area contributed by atoms with Crippen molar-refractivity contribution in [1.82, 2.24) is 25.4 Å². The summed E-state index contributed by atoms with van der Waals surface area (Å²) in [6.07, 6.45) is 0. The summed E-state index contributed by atoms with van der Waals surface area (Å²) in [4.78, 5) is 26.5. The molecule has 1 fully saturated rings. The first-order valence-electron chi connectivity index (χ1n) is 9.14. The van der Waals surface area contributed by atoms with Gasteiger partial charge >= 0.3 is 6.03 Å². The van der Waals surface area contributed by atoms with Gasteiger partial charge in [0.2, 0.25) is 11.9 Å². The van der Waals surface area contributed by atoms with Crippen molar-refractivity contribution in [2.75, 3.05) is 38.3 Å². The predicted octanol–water partition coefficient (Wildman–Crippen LogP) is 1.42. The highest BCUT2D eigenvalue weighted by molar-refractivity contribution is 8.00. The number of thioether (sulfide) groups is 1. The van der Waals surface area contributed by atoms with Gasteiger partial charge in [0, 0.05) is 26.7 Å². The number of aromatic nitrogens is 3. The van der Waals surface area contributed by atoms with Crippen molar-refractivity contribution in [3.8, 4) is 0 Å². The summed E-state index contributed by atoms with van der Waals surface area (Å²) in [6, 6.07) is 8.78. The normalized spacial score (nSPS) is 15.1. The van der Waals surface area contributed by atoms with Crippen molar-refractivity contribution in [3.63, 3.8) is 0 Å². The first-order valence-corrected chi connectivity index (χ1v) is 10.0. The summed E-state index contributed by atoms with van der Waals surface area (Å²) in [7, 11) is 1.47. The van der Waals surface area contributed by atoms with Crippen molar-refractivity contribution in [2.45, 2.75) is 23.9 Å². The lowest BCUT2D eigenvalue weighted by Gasteiger charge is -2.27. The highest BCUT2D eigenvalue weighted by atomic mass is 32.2. The molecule has 9 nitrogen and oxygen atoms in total. The Bertz CT molecular complexity index is 807. The number of morpholine rings is 1. The van der Waals surface area contributed by atoms with Gasteiger partial charge in [-0.05, 0) is 12.5 Å². The smallest absolute Gasteiger partial charge is 0.321 e. The molecule has 1 saturated heterocycles. The summed E-state index contributed by atoms with van der Waals surface area (Å²) in [5, 5.41) is 13.4. The lowest BCUT2D eigenvalue weighted by Crippen LogP contribution is -2.39. The maximum absolute atomic E-state index is 12.7. The first kappa shape index (κ1) is 20.2. The second kappa shape index (κ2) is 9.56. The number of urea groups is 1. The summed E-state index contributed by atoms with van der Waals surface area (Å²) in [6.45, 7) is 5.49. The van der Waals surface area contributed by atoms with E-state index in [9.17, 15) is 9.59 Å². The van der Waals surface area contributed by atoms with Crippen molar-refractivity contribution in [1.29, 1.82) is 0 Å². The fourth-order valence-corrected chi connectivity index (χ4v) is 3.98. The number of nitrogens with one attached hydrogen (secondary N) is 2. The molecule has 1 aromatic heterocycles. The molecule has 3 amide bonds. The maximum atomic E-state index is 12.7. The monoisotopic (exact) mass is 404 g/mol. The van der Waals surface area contributed by atoms with Crippen LogP contribution in [0.2, 0.25) is 0 Å². The molecule has 28 heavy (non-hydrogen) atoms. The van der Waals surface area contributed by atoms with Crippen molar-refractivity contribution in [3.05, 3.63) is 35.9 Å². The van der Waals surface area contributed by atoms with Gasteiger partial charge in [0.25, 0.3) is 0 Å². The van der Waals surface area contributed by atoms with Crippen LogP contribution in [-0.2, 0) is 16.1 Å². The van der Waals surface area contributed by atoms with E-state index in [1.54, 1.807) is 0 Å². The van der Waals surface area contributed by atoms with E-state index in [4.69, 9.17) is 4.74 Å². The molecule has 150 valence electrons. The van der Waals surface area contributed by atoms with Gasteiger partial charge in [-0.25, -0.2) is 4.79 Å². The lowest BCUT2D eigenvalue weighted by atomic mass is 10.1. The largest absolute Gasteiger partial charge is 0.378 e. The zero-order chi connectivity index (χ0) is 19.9. The van der Waals surface area contributed by atoms with Gasteiger partial charge in [-0.2, -0.15) is 0 Å². The van der Waals surface area contributed by atoms with E-state index in [2.05, 4.69) is 25.7 Å². The molecule has 2 N–H and O–H groups in total. The number of carbonyl (C=O) groups is 2. The molecule has 0 aliphatic carbocycles. The van der Waals surface area contributed by atoms with Gasteiger partial charge in [-0.3, -0.25) is 14.7 Å². The SMILES string of the molecule is CCn1c(S[C@@H](C(=O)NC(=O)NC)c2ccccc2)nnc1N1CCOCC1. The summed E-state index contributed by atoms with van der Waals surface area (Å²) >= 11 is 1.28. The van der Waals surface area contributed by atoms with E-state index in [0.29, 0.717) is 24.9 Å². The Morgan fingerprint density at radius 3 is 2.57 bits per heavy atom. The fourth-order valence-electron chi connectivity index (χ4n) is 2.89. The number of hydrogen-bond donors (Lipinski definition) is 2. The van der Waals surface area contributed by atoms with E-state index in [-0.39, 0.29) is 0 Å². The third-order valence-electron chi connectivity index (χ3n) is 4.33. The highest BCUT2D eigenvalue weighted by Gasteiger charge is 2.27.